The quantitative estimate of drug-likeness (QED) is 0.702. The van der Waals surface area contributed by atoms with Gasteiger partial charge in [0.05, 0.1) is 0 Å². The number of hydrogen-bond acceptors (Lipinski definition) is 4. The first-order valence-electron chi connectivity index (χ1n) is 6.41. The number of carboxylic acid groups (broad SMARTS) is 1. The SMILES string of the molecule is CC(CNS(=O)(=O)N1CCCCC1C(=O)O)N(C)C. The molecule has 1 aliphatic heterocycles. The first kappa shape index (κ1) is 16.4. The summed E-state index contributed by atoms with van der Waals surface area (Å²) < 4.78 is 27.9. The molecule has 2 unspecified atom stereocenters. The lowest BCUT2D eigenvalue weighted by molar-refractivity contribution is -0.142. The Hall–Kier alpha value is -0.700. The van der Waals surface area contributed by atoms with Crippen LogP contribution in [-0.4, -0.2) is 68.0 Å². The van der Waals surface area contributed by atoms with E-state index in [2.05, 4.69) is 4.72 Å². The Kier molecular flexibility index (Phi) is 5.72. The van der Waals surface area contributed by atoms with Crippen molar-refractivity contribution in [2.75, 3.05) is 27.2 Å². The fourth-order valence-electron chi connectivity index (χ4n) is 1.93. The summed E-state index contributed by atoms with van der Waals surface area (Å²) >= 11 is 0. The van der Waals surface area contributed by atoms with Crippen molar-refractivity contribution < 1.29 is 18.3 Å². The van der Waals surface area contributed by atoms with E-state index in [0.29, 0.717) is 12.8 Å². The summed E-state index contributed by atoms with van der Waals surface area (Å²) in [5, 5.41) is 9.10. The van der Waals surface area contributed by atoms with Gasteiger partial charge in [-0.1, -0.05) is 0 Å². The van der Waals surface area contributed by atoms with Gasteiger partial charge in [0.15, 0.2) is 0 Å². The van der Waals surface area contributed by atoms with Crippen LogP contribution in [-0.2, 0) is 15.0 Å². The maximum absolute atomic E-state index is 12.2. The molecular formula is C11H23N3O4S. The third-order valence-corrected chi connectivity index (χ3v) is 5.08. The summed E-state index contributed by atoms with van der Waals surface area (Å²) in [7, 11) is -0.00823. The lowest BCUT2D eigenvalue weighted by Gasteiger charge is -2.32. The van der Waals surface area contributed by atoms with Crippen LogP contribution >= 0.6 is 0 Å². The minimum atomic E-state index is -3.73. The highest BCUT2D eigenvalue weighted by atomic mass is 32.2. The molecule has 2 atom stereocenters. The van der Waals surface area contributed by atoms with Gasteiger partial charge in [-0.15, -0.1) is 0 Å². The van der Waals surface area contributed by atoms with E-state index in [-0.39, 0.29) is 19.1 Å². The van der Waals surface area contributed by atoms with E-state index in [0.717, 1.165) is 10.7 Å². The summed E-state index contributed by atoms with van der Waals surface area (Å²) in [6.07, 6.45) is 1.82. The van der Waals surface area contributed by atoms with Crippen molar-refractivity contribution in [2.24, 2.45) is 0 Å². The Morgan fingerprint density at radius 2 is 2.11 bits per heavy atom. The second-order valence-electron chi connectivity index (χ2n) is 5.13. The van der Waals surface area contributed by atoms with Crippen LogP contribution in [0.25, 0.3) is 0 Å². The molecule has 19 heavy (non-hydrogen) atoms. The lowest BCUT2D eigenvalue weighted by atomic mass is 10.1. The zero-order chi connectivity index (χ0) is 14.6. The molecule has 1 fully saturated rings. The van der Waals surface area contributed by atoms with Crippen molar-refractivity contribution in [2.45, 2.75) is 38.3 Å². The lowest BCUT2D eigenvalue weighted by Crippen LogP contribution is -2.53. The minimum absolute atomic E-state index is 0.0443. The van der Waals surface area contributed by atoms with Crippen LogP contribution in [0, 0.1) is 0 Å². The van der Waals surface area contributed by atoms with E-state index in [9.17, 15) is 13.2 Å². The Morgan fingerprint density at radius 1 is 1.47 bits per heavy atom. The van der Waals surface area contributed by atoms with E-state index in [1.54, 1.807) is 0 Å². The van der Waals surface area contributed by atoms with Gasteiger partial charge in [-0.05, 0) is 40.3 Å². The van der Waals surface area contributed by atoms with Gasteiger partial charge in [0.2, 0.25) is 0 Å². The minimum Gasteiger partial charge on any atom is -0.480 e. The topological polar surface area (TPSA) is 90.0 Å². The van der Waals surface area contributed by atoms with Crippen LogP contribution in [0.3, 0.4) is 0 Å². The van der Waals surface area contributed by atoms with Gasteiger partial charge in [0, 0.05) is 19.1 Å². The van der Waals surface area contributed by atoms with Crippen LogP contribution in [0.15, 0.2) is 0 Å². The van der Waals surface area contributed by atoms with Crippen LogP contribution < -0.4 is 4.72 Å². The number of rotatable bonds is 6. The molecule has 1 rings (SSSR count). The third kappa shape index (κ3) is 4.41. The molecule has 1 saturated heterocycles. The van der Waals surface area contributed by atoms with Crippen LogP contribution in [0.2, 0.25) is 0 Å². The number of carbonyl (C=O) groups is 1. The number of likely N-dealkylation sites (N-methyl/N-ethyl adjacent to an activating group) is 1. The highest BCUT2D eigenvalue weighted by Gasteiger charge is 2.36. The van der Waals surface area contributed by atoms with E-state index in [1.165, 1.54) is 0 Å². The molecule has 0 aromatic rings. The first-order chi connectivity index (χ1) is 8.75. The second kappa shape index (κ2) is 6.65. The third-order valence-electron chi connectivity index (χ3n) is 3.49. The number of aliphatic carboxylic acids is 1. The molecule has 0 aliphatic carbocycles. The molecule has 112 valence electrons. The number of nitrogens with one attached hydrogen (secondary N) is 1. The zero-order valence-electron chi connectivity index (χ0n) is 11.7. The standard InChI is InChI=1S/C11H23N3O4S/c1-9(13(2)3)8-12-19(17,18)14-7-5-4-6-10(14)11(15)16/h9-10,12H,4-8H2,1-3H3,(H,15,16). The summed E-state index contributed by atoms with van der Waals surface area (Å²) in [4.78, 5) is 13.0. The molecule has 0 radical (unpaired) electrons. The summed E-state index contributed by atoms with van der Waals surface area (Å²) in [5.74, 6) is -1.08. The molecule has 8 heteroatoms. The first-order valence-corrected chi connectivity index (χ1v) is 7.85. The van der Waals surface area contributed by atoms with Crippen molar-refractivity contribution in [3.8, 4) is 0 Å². The molecule has 0 bridgehead atoms. The molecule has 0 aromatic heterocycles. The smallest absolute Gasteiger partial charge is 0.322 e. The largest absolute Gasteiger partial charge is 0.480 e. The number of nitrogens with zero attached hydrogens (tertiary/aromatic N) is 2. The van der Waals surface area contributed by atoms with Crippen LogP contribution in [0.1, 0.15) is 26.2 Å². The summed E-state index contributed by atoms with van der Waals surface area (Å²) in [6.45, 7) is 2.42. The number of carboxylic acids is 1. The molecule has 1 aliphatic rings. The average molecular weight is 293 g/mol. The van der Waals surface area contributed by atoms with Gasteiger partial charge in [-0.3, -0.25) is 4.79 Å². The van der Waals surface area contributed by atoms with Crippen LogP contribution in [0.5, 0.6) is 0 Å². The number of piperidine rings is 1. The summed E-state index contributed by atoms with van der Waals surface area (Å²) in [6, 6.07) is -0.899. The molecule has 2 N–H and O–H groups in total. The fourth-order valence-corrected chi connectivity index (χ4v) is 3.45. The van der Waals surface area contributed by atoms with Crippen molar-refractivity contribution in [1.29, 1.82) is 0 Å². The van der Waals surface area contributed by atoms with Gasteiger partial charge in [-0.2, -0.15) is 12.7 Å². The molecule has 0 saturated carbocycles. The maximum atomic E-state index is 12.2. The maximum Gasteiger partial charge on any atom is 0.322 e. The highest BCUT2D eigenvalue weighted by molar-refractivity contribution is 7.87. The van der Waals surface area contributed by atoms with E-state index >= 15 is 0 Å². The average Bonchev–Trinajstić information content (AvgIpc) is 2.35. The van der Waals surface area contributed by atoms with Crippen molar-refractivity contribution in [1.82, 2.24) is 13.9 Å². The molecule has 0 spiro atoms. The molecule has 0 aromatic carbocycles. The summed E-state index contributed by atoms with van der Waals surface area (Å²) in [5.41, 5.74) is 0. The van der Waals surface area contributed by atoms with Crippen molar-refractivity contribution in [3.05, 3.63) is 0 Å². The molecule has 0 amide bonds. The van der Waals surface area contributed by atoms with Gasteiger partial charge in [0.25, 0.3) is 10.2 Å². The number of hydrogen-bond donors (Lipinski definition) is 2. The van der Waals surface area contributed by atoms with Gasteiger partial charge in [-0.25, -0.2) is 4.72 Å². The fraction of sp³-hybridized carbons (Fsp3) is 0.909. The van der Waals surface area contributed by atoms with Crippen molar-refractivity contribution in [3.63, 3.8) is 0 Å². The predicted octanol–water partition coefficient (Wildman–Crippen LogP) is -0.290. The normalized spacial score (nSPS) is 23.5. The van der Waals surface area contributed by atoms with E-state index < -0.39 is 22.2 Å². The highest BCUT2D eigenvalue weighted by Crippen LogP contribution is 2.19. The Balaban J connectivity index is 2.71. The molecule has 7 nitrogen and oxygen atoms in total. The van der Waals surface area contributed by atoms with Crippen molar-refractivity contribution >= 4 is 16.2 Å². The van der Waals surface area contributed by atoms with Crippen LogP contribution in [0.4, 0.5) is 0 Å². The van der Waals surface area contributed by atoms with E-state index in [4.69, 9.17) is 5.11 Å². The monoisotopic (exact) mass is 293 g/mol. The second-order valence-corrected chi connectivity index (χ2v) is 6.83. The Bertz CT molecular complexity index is 410. The van der Waals surface area contributed by atoms with E-state index in [1.807, 2.05) is 25.9 Å². The van der Waals surface area contributed by atoms with Gasteiger partial charge in [0.1, 0.15) is 6.04 Å². The Labute approximate surface area is 114 Å². The molecule has 1 heterocycles. The van der Waals surface area contributed by atoms with Gasteiger partial charge >= 0.3 is 5.97 Å². The zero-order valence-corrected chi connectivity index (χ0v) is 12.5. The van der Waals surface area contributed by atoms with Gasteiger partial charge < -0.3 is 10.0 Å². The Morgan fingerprint density at radius 3 is 2.63 bits per heavy atom. The molecular weight excluding hydrogens is 270 g/mol. The predicted molar refractivity (Wildman–Crippen MR) is 72.1 cm³/mol.